The Morgan fingerprint density at radius 3 is 2.66 bits per heavy atom. The van der Waals surface area contributed by atoms with Crippen molar-refractivity contribution in [2.45, 2.75) is 32.5 Å². The van der Waals surface area contributed by atoms with Crippen molar-refractivity contribution in [1.82, 2.24) is 15.6 Å². The summed E-state index contributed by atoms with van der Waals surface area (Å²) in [6.07, 6.45) is -3.30. The minimum Gasteiger partial charge on any atom is -0.475 e. The van der Waals surface area contributed by atoms with Crippen LogP contribution < -0.4 is 15.4 Å². The summed E-state index contributed by atoms with van der Waals surface area (Å²) >= 11 is 0. The first-order valence-electron chi connectivity index (χ1n) is 9.10. The SMILES string of the molecule is CCNC(=NCC(C)(O)c1ccc(C)o1)NCCOc1ncccc1C(F)(F)F. The highest BCUT2D eigenvalue weighted by molar-refractivity contribution is 5.79. The van der Waals surface area contributed by atoms with Gasteiger partial charge in [0.1, 0.15) is 29.3 Å². The van der Waals surface area contributed by atoms with Crippen molar-refractivity contribution >= 4 is 5.96 Å². The van der Waals surface area contributed by atoms with E-state index in [4.69, 9.17) is 9.15 Å². The Balaban J connectivity index is 1.92. The number of nitrogens with zero attached hydrogens (tertiary/aromatic N) is 2. The molecule has 1 atom stereocenters. The molecule has 10 heteroatoms. The molecule has 0 aliphatic heterocycles. The summed E-state index contributed by atoms with van der Waals surface area (Å²) in [6, 6.07) is 5.56. The summed E-state index contributed by atoms with van der Waals surface area (Å²) in [5.41, 5.74) is -2.23. The van der Waals surface area contributed by atoms with Gasteiger partial charge in [0.2, 0.25) is 5.88 Å². The molecule has 0 radical (unpaired) electrons. The molecule has 1 unspecified atom stereocenters. The van der Waals surface area contributed by atoms with Crippen molar-refractivity contribution in [3.05, 3.63) is 47.5 Å². The third-order valence-electron chi connectivity index (χ3n) is 3.87. The van der Waals surface area contributed by atoms with Gasteiger partial charge in [-0.15, -0.1) is 0 Å². The van der Waals surface area contributed by atoms with Crippen LogP contribution >= 0.6 is 0 Å². The molecule has 0 fully saturated rings. The van der Waals surface area contributed by atoms with Crippen molar-refractivity contribution in [1.29, 1.82) is 0 Å². The van der Waals surface area contributed by atoms with Crippen LogP contribution in [0.15, 0.2) is 39.9 Å². The van der Waals surface area contributed by atoms with E-state index in [0.29, 0.717) is 24.0 Å². The molecule has 0 saturated heterocycles. The van der Waals surface area contributed by atoms with E-state index in [9.17, 15) is 18.3 Å². The van der Waals surface area contributed by atoms with Gasteiger partial charge in [0.15, 0.2) is 5.96 Å². The van der Waals surface area contributed by atoms with Crippen LogP contribution in [0.4, 0.5) is 13.2 Å². The highest BCUT2D eigenvalue weighted by atomic mass is 19.4. The average Bonchev–Trinajstić information content (AvgIpc) is 3.10. The van der Waals surface area contributed by atoms with Gasteiger partial charge in [0.05, 0.1) is 13.1 Å². The van der Waals surface area contributed by atoms with E-state index < -0.39 is 23.2 Å². The zero-order valence-electron chi connectivity index (χ0n) is 16.5. The fourth-order valence-corrected chi connectivity index (χ4v) is 2.42. The predicted molar refractivity (Wildman–Crippen MR) is 102 cm³/mol. The predicted octanol–water partition coefficient (Wildman–Crippen LogP) is 2.84. The van der Waals surface area contributed by atoms with Crippen LogP contribution in [0.3, 0.4) is 0 Å². The molecule has 0 aromatic carbocycles. The number of nitrogens with one attached hydrogen (secondary N) is 2. The molecule has 2 rings (SSSR count). The topological polar surface area (TPSA) is 91.9 Å². The number of alkyl halides is 3. The third kappa shape index (κ3) is 6.67. The summed E-state index contributed by atoms with van der Waals surface area (Å²) in [6.45, 7) is 5.94. The zero-order chi connectivity index (χ0) is 21.5. The lowest BCUT2D eigenvalue weighted by atomic mass is 10.0. The molecule has 3 N–H and O–H groups in total. The first kappa shape index (κ1) is 22.5. The van der Waals surface area contributed by atoms with Crippen molar-refractivity contribution < 1.29 is 27.4 Å². The first-order chi connectivity index (χ1) is 13.6. The van der Waals surface area contributed by atoms with Crippen molar-refractivity contribution in [3.8, 4) is 5.88 Å². The Labute approximate surface area is 167 Å². The molecule has 0 bridgehead atoms. The van der Waals surface area contributed by atoms with Gasteiger partial charge >= 0.3 is 6.18 Å². The molecule has 29 heavy (non-hydrogen) atoms. The second kappa shape index (κ2) is 9.64. The van der Waals surface area contributed by atoms with Crippen LogP contribution in [0.1, 0.15) is 30.9 Å². The van der Waals surface area contributed by atoms with E-state index >= 15 is 0 Å². The van der Waals surface area contributed by atoms with E-state index in [1.807, 2.05) is 6.92 Å². The molecule has 0 aliphatic carbocycles. The molecule has 0 saturated carbocycles. The number of hydrogen-bond donors (Lipinski definition) is 3. The number of furan rings is 1. The lowest BCUT2D eigenvalue weighted by molar-refractivity contribution is -0.139. The number of guanidine groups is 1. The summed E-state index contributed by atoms with van der Waals surface area (Å²) in [5.74, 6) is 0.989. The number of halogens is 3. The number of aromatic nitrogens is 1. The number of pyridine rings is 1. The van der Waals surface area contributed by atoms with Gasteiger partial charge in [-0.1, -0.05) is 0 Å². The van der Waals surface area contributed by atoms with Crippen molar-refractivity contribution in [2.75, 3.05) is 26.2 Å². The summed E-state index contributed by atoms with van der Waals surface area (Å²) in [7, 11) is 0. The molecular formula is C19H25F3N4O3. The van der Waals surface area contributed by atoms with Gasteiger partial charge in [-0.05, 0) is 45.0 Å². The quantitative estimate of drug-likeness (QED) is 0.350. The molecule has 0 amide bonds. The minimum atomic E-state index is -4.54. The van der Waals surface area contributed by atoms with Crippen LogP contribution in [-0.4, -0.2) is 42.3 Å². The van der Waals surface area contributed by atoms with E-state index in [-0.39, 0.29) is 19.7 Å². The third-order valence-corrected chi connectivity index (χ3v) is 3.87. The van der Waals surface area contributed by atoms with Gasteiger partial charge in [0, 0.05) is 12.7 Å². The number of ether oxygens (including phenoxy) is 1. The lowest BCUT2D eigenvalue weighted by Gasteiger charge is -2.20. The van der Waals surface area contributed by atoms with Gasteiger partial charge in [-0.25, -0.2) is 9.98 Å². The Morgan fingerprint density at radius 2 is 2.03 bits per heavy atom. The van der Waals surface area contributed by atoms with Crippen LogP contribution in [0, 0.1) is 6.92 Å². The summed E-state index contributed by atoms with van der Waals surface area (Å²) in [4.78, 5) is 7.95. The number of aliphatic hydroxyl groups is 1. The maximum absolute atomic E-state index is 12.9. The fourth-order valence-electron chi connectivity index (χ4n) is 2.42. The first-order valence-corrected chi connectivity index (χ1v) is 9.10. The summed E-state index contributed by atoms with van der Waals surface area (Å²) in [5, 5.41) is 16.5. The maximum atomic E-state index is 12.9. The minimum absolute atomic E-state index is 0.0224. The highest BCUT2D eigenvalue weighted by Crippen LogP contribution is 2.34. The van der Waals surface area contributed by atoms with Crippen LogP contribution in [0.5, 0.6) is 5.88 Å². The molecular weight excluding hydrogens is 389 g/mol. The highest BCUT2D eigenvalue weighted by Gasteiger charge is 2.35. The molecule has 2 aromatic heterocycles. The maximum Gasteiger partial charge on any atom is 0.421 e. The number of aliphatic imine (C=N–C) groups is 1. The molecule has 2 aromatic rings. The molecule has 2 heterocycles. The van der Waals surface area contributed by atoms with Gasteiger partial charge in [-0.3, -0.25) is 0 Å². The van der Waals surface area contributed by atoms with Crippen LogP contribution in [-0.2, 0) is 11.8 Å². The largest absolute Gasteiger partial charge is 0.475 e. The van der Waals surface area contributed by atoms with E-state index in [2.05, 4.69) is 20.6 Å². The van der Waals surface area contributed by atoms with Crippen molar-refractivity contribution in [2.24, 2.45) is 4.99 Å². The average molecular weight is 414 g/mol. The van der Waals surface area contributed by atoms with Crippen molar-refractivity contribution in [3.63, 3.8) is 0 Å². The Hall–Kier alpha value is -2.75. The molecule has 160 valence electrons. The normalized spacial score (nSPS) is 14.4. The number of rotatable bonds is 8. The number of hydrogen-bond acceptors (Lipinski definition) is 5. The number of aryl methyl sites for hydroxylation is 1. The molecule has 7 nitrogen and oxygen atoms in total. The van der Waals surface area contributed by atoms with Crippen LogP contribution in [0.2, 0.25) is 0 Å². The van der Waals surface area contributed by atoms with E-state index in [1.54, 1.807) is 26.0 Å². The Kier molecular flexibility index (Phi) is 7.49. The zero-order valence-corrected chi connectivity index (χ0v) is 16.5. The van der Waals surface area contributed by atoms with E-state index in [1.165, 1.54) is 12.3 Å². The Morgan fingerprint density at radius 1 is 1.28 bits per heavy atom. The fraction of sp³-hybridized carbons (Fsp3) is 0.474. The molecule has 0 aliphatic rings. The monoisotopic (exact) mass is 414 g/mol. The standard InChI is InChI=1S/C19H25F3N4O3/c1-4-23-17(26-12-18(3,27)15-8-7-13(2)29-15)25-10-11-28-16-14(19(20,21)22)6-5-9-24-16/h5-9,27H,4,10-12H2,1-3H3,(H2,23,25,26). The second-order valence-corrected chi connectivity index (χ2v) is 6.51. The van der Waals surface area contributed by atoms with Gasteiger partial charge in [0.25, 0.3) is 0 Å². The summed E-state index contributed by atoms with van der Waals surface area (Å²) < 4.78 is 49.4. The Bertz CT molecular complexity index is 819. The lowest BCUT2D eigenvalue weighted by Crippen LogP contribution is -2.40. The van der Waals surface area contributed by atoms with Gasteiger partial charge < -0.3 is 24.9 Å². The van der Waals surface area contributed by atoms with E-state index in [0.717, 1.165) is 6.07 Å². The smallest absolute Gasteiger partial charge is 0.421 e. The second-order valence-electron chi connectivity index (χ2n) is 6.51. The van der Waals surface area contributed by atoms with Gasteiger partial charge in [-0.2, -0.15) is 13.2 Å². The van der Waals surface area contributed by atoms with Crippen LogP contribution in [0.25, 0.3) is 0 Å². The molecule has 0 spiro atoms.